The number of benzene rings is 2. The number of H-pyrrole nitrogens is 1. The van der Waals surface area contributed by atoms with Crippen molar-refractivity contribution in [3.8, 4) is 0 Å². The first-order valence-electron chi connectivity index (χ1n) is 14.0. The molecule has 1 fully saturated rings. The predicted molar refractivity (Wildman–Crippen MR) is 158 cm³/mol. The number of aromatic amines is 1. The van der Waals surface area contributed by atoms with Gasteiger partial charge in [-0.3, -0.25) is 19.2 Å². The van der Waals surface area contributed by atoms with Crippen molar-refractivity contribution in [1.29, 1.82) is 0 Å². The quantitative estimate of drug-likeness (QED) is 0.208. The molecule has 238 valence electrons. The highest BCUT2D eigenvalue weighted by atomic mass is 35.5. The second-order valence-corrected chi connectivity index (χ2v) is 10.8. The van der Waals surface area contributed by atoms with Gasteiger partial charge in [0.1, 0.15) is 6.54 Å². The summed E-state index contributed by atoms with van der Waals surface area (Å²) in [7, 11) is 0. The zero-order valence-electron chi connectivity index (χ0n) is 24.1. The molecule has 3 atom stereocenters. The number of nitrogens with one attached hydrogen (secondary N) is 4. The number of carbonyl (C=O) groups is 4. The van der Waals surface area contributed by atoms with Gasteiger partial charge in [0.25, 0.3) is 11.5 Å². The van der Waals surface area contributed by atoms with Crippen molar-refractivity contribution >= 4 is 35.5 Å². The van der Waals surface area contributed by atoms with E-state index in [1.54, 1.807) is 12.1 Å². The zero-order valence-corrected chi connectivity index (χ0v) is 24.8. The zero-order chi connectivity index (χ0) is 32.6. The predicted octanol–water partition coefficient (Wildman–Crippen LogP) is 3.53. The number of rotatable bonds is 13. The fraction of sp³-hybridized carbons (Fsp3) is 0.323. The molecule has 1 saturated carbocycles. The molecule has 1 heterocycles. The third-order valence-corrected chi connectivity index (χ3v) is 7.02. The topological polar surface area (TPSA) is 156 Å². The van der Waals surface area contributed by atoms with Gasteiger partial charge in [0.2, 0.25) is 5.91 Å². The van der Waals surface area contributed by atoms with E-state index in [9.17, 15) is 24.0 Å². The van der Waals surface area contributed by atoms with E-state index >= 15 is 8.78 Å². The summed E-state index contributed by atoms with van der Waals surface area (Å²) in [4.78, 5) is 65.5. The van der Waals surface area contributed by atoms with Crippen molar-refractivity contribution in [2.24, 2.45) is 0 Å². The van der Waals surface area contributed by atoms with Gasteiger partial charge >= 0.3 is 18.0 Å². The third-order valence-electron chi connectivity index (χ3n) is 6.79. The number of pyridine rings is 1. The van der Waals surface area contributed by atoms with E-state index in [1.165, 1.54) is 48.7 Å². The summed E-state index contributed by atoms with van der Waals surface area (Å²) in [5.41, 5.74) is -0.814. The number of hydrogen-bond donors (Lipinski definition) is 4. The van der Waals surface area contributed by atoms with E-state index in [0.29, 0.717) is 0 Å². The molecule has 1 aliphatic rings. The van der Waals surface area contributed by atoms with Gasteiger partial charge in [-0.05, 0) is 36.6 Å². The average molecular weight is 645 g/mol. The summed E-state index contributed by atoms with van der Waals surface area (Å²) in [5, 5.41) is 7.42. The Kier molecular flexibility index (Phi) is 10.9. The number of esters is 1. The Labute approximate surface area is 261 Å². The van der Waals surface area contributed by atoms with Crippen LogP contribution in [-0.2, 0) is 36.2 Å². The summed E-state index contributed by atoms with van der Waals surface area (Å²) >= 11 is 5.92. The van der Waals surface area contributed by atoms with Crippen LogP contribution in [0.15, 0.2) is 77.7 Å². The van der Waals surface area contributed by atoms with Crippen LogP contribution in [0.25, 0.3) is 0 Å². The fourth-order valence-corrected chi connectivity index (χ4v) is 4.67. The van der Waals surface area contributed by atoms with Crippen LogP contribution in [0.4, 0.5) is 13.6 Å². The Morgan fingerprint density at radius 1 is 1.02 bits per heavy atom. The summed E-state index contributed by atoms with van der Waals surface area (Å²) in [6, 6.07) is 14.0. The number of amides is 3. The van der Waals surface area contributed by atoms with Gasteiger partial charge in [0.15, 0.2) is 12.2 Å². The first-order valence-corrected chi connectivity index (χ1v) is 14.4. The average Bonchev–Trinajstić information content (AvgIpc) is 3.82. The lowest BCUT2D eigenvalue weighted by Gasteiger charge is -2.28. The monoisotopic (exact) mass is 644 g/mol. The first-order chi connectivity index (χ1) is 21.4. The van der Waals surface area contributed by atoms with E-state index in [0.717, 1.165) is 31.9 Å². The molecular weight excluding hydrogens is 614 g/mol. The molecule has 0 saturated heterocycles. The van der Waals surface area contributed by atoms with E-state index in [4.69, 9.17) is 21.1 Å². The van der Waals surface area contributed by atoms with Crippen LogP contribution in [0.2, 0.25) is 5.02 Å². The minimum atomic E-state index is -3.72. The Balaban J connectivity index is 1.49. The molecule has 3 amide bonds. The molecule has 1 aliphatic carbocycles. The largest absolute Gasteiger partial charge is 0.450 e. The number of ether oxygens (including phenoxy) is 2. The van der Waals surface area contributed by atoms with Gasteiger partial charge in [-0.15, -0.1) is 0 Å². The highest BCUT2D eigenvalue weighted by molar-refractivity contribution is 6.30. The highest BCUT2D eigenvalue weighted by Crippen LogP contribution is 2.43. The minimum Gasteiger partial charge on any atom is -0.450 e. The smallest absolute Gasteiger partial charge is 0.408 e. The van der Waals surface area contributed by atoms with Gasteiger partial charge in [-0.1, -0.05) is 60.1 Å². The Morgan fingerprint density at radius 3 is 2.40 bits per heavy atom. The fourth-order valence-electron chi connectivity index (χ4n) is 4.48. The van der Waals surface area contributed by atoms with Crippen LogP contribution >= 0.6 is 11.6 Å². The summed E-state index contributed by atoms with van der Waals surface area (Å²) in [6.07, 6.45) is -2.28. The highest BCUT2D eigenvalue weighted by Gasteiger charge is 2.45. The molecule has 0 spiro atoms. The maximum Gasteiger partial charge on any atom is 0.408 e. The van der Waals surface area contributed by atoms with E-state index < -0.39 is 65.7 Å². The SMILES string of the molecule is CC(=O)OC(C(=O)NC1CC1)C(Cc1ccc[nH]c1=O)NC(=O)CNC(=O)OC(c1ccccc1)C(F)(F)c1cccc(Cl)c1. The van der Waals surface area contributed by atoms with Gasteiger partial charge in [-0.25, -0.2) is 4.79 Å². The van der Waals surface area contributed by atoms with Crippen LogP contribution in [0.1, 0.15) is 42.6 Å². The molecule has 0 radical (unpaired) electrons. The third kappa shape index (κ3) is 9.35. The van der Waals surface area contributed by atoms with Crippen molar-refractivity contribution < 1.29 is 37.4 Å². The van der Waals surface area contributed by atoms with E-state index in [2.05, 4.69) is 20.9 Å². The van der Waals surface area contributed by atoms with Crippen LogP contribution in [0.5, 0.6) is 0 Å². The van der Waals surface area contributed by atoms with E-state index in [-0.39, 0.29) is 28.6 Å². The van der Waals surface area contributed by atoms with Crippen molar-refractivity contribution in [1.82, 2.24) is 20.9 Å². The molecular formula is C31H31ClF2N4O7. The van der Waals surface area contributed by atoms with Crippen LogP contribution < -0.4 is 21.5 Å². The Hall–Kier alpha value is -4.78. The molecule has 2 aromatic carbocycles. The molecule has 3 aromatic rings. The Morgan fingerprint density at radius 2 is 1.76 bits per heavy atom. The normalized spacial score (nSPS) is 14.8. The van der Waals surface area contributed by atoms with Crippen LogP contribution in [0, 0.1) is 0 Å². The number of alkyl halides is 2. The van der Waals surface area contributed by atoms with Crippen molar-refractivity contribution in [3.05, 3.63) is 105 Å². The molecule has 0 aliphatic heterocycles. The summed E-state index contributed by atoms with van der Waals surface area (Å²) in [5.74, 6) is -6.07. The molecule has 11 nitrogen and oxygen atoms in total. The second kappa shape index (κ2) is 14.8. The van der Waals surface area contributed by atoms with Crippen molar-refractivity contribution in [2.75, 3.05) is 6.54 Å². The molecule has 45 heavy (non-hydrogen) atoms. The molecule has 1 aromatic heterocycles. The van der Waals surface area contributed by atoms with Crippen LogP contribution in [-0.4, -0.2) is 53.6 Å². The lowest BCUT2D eigenvalue weighted by Crippen LogP contribution is -2.55. The number of carbonyl (C=O) groups excluding carboxylic acids is 4. The van der Waals surface area contributed by atoms with Gasteiger partial charge in [-0.2, -0.15) is 8.78 Å². The molecule has 0 bridgehead atoms. The number of hydrogen-bond acceptors (Lipinski definition) is 7. The van der Waals surface area contributed by atoms with Crippen molar-refractivity contribution in [2.45, 2.75) is 56.4 Å². The second-order valence-electron chi connectivity index (χ2n) is 10.4. The first kappa shape index (κ1) is 33.1. The lowest BCUT2D eigenvalue weighted by molar-refractivity contribution is -0.156. The van der Waals surface area contributed by atoms with Gasteiger partial charge in [0.05, 0.1) is 6.04 Å². The standard InChI is InChI=1S/C31H31ClF2N4O7/c1-18(39)44-26(29(42)37-23-12-13-23)24(15-20-9-6-14-35-28(20)41)38-25(40)17-36-30(43)45-27(19-7-3-2-4-8-19)31(33,34)21-10-5-11-22(32)16-21/h2-11,14,16,23-24,26-27H,12-13,15,17H2,1H3,(H,35,41)(H,36,43)(H,37,42)(H,38,40). The molecule has 4 rings (SSSR count). The Bertz CT molecular complexity index is 1580. The van der Waals surface area contributed by atoms with E-state index in [1.807, 2.05) is 0 Å². The maximum absolute atomic E-state index is 15.7. The van der Waals surface area contributed by atoms with Crippen molar-refractivity contribution in [3.63, 3.8) is 0 Å². The minimum absolute atomic E-state index is 0.0128. The number of halogens is 3. The van der Waals surface area contributed by atoms with Gasteiger partial charge in [0, 0.05) is 41.7 Å². The lowest BCUT2D eigenvalue weighted by atomic mass is 9.97. The number of alkyl carbamates (subject to hydrolysis) is 1. The van der Waals surface area contributed by atoms with Gasteiger partial charge < -0.3 is 30.4 Å². The maximum atomic E-state index is 15.7. The molecule has 4 N–H and O–H groups in total. The molecule has 14 heteroatoms. The summed E-state index contributed by atoms with van der Waals surface area (Å²) < 4.78 is 41.7. The molecule has 3 unspecified atom stereocenters. The number of aromatic nitrogens is 1. The summed E-state index contributed by atoms with van der Waals surface area (Å²) in [6.45, 7) is 0.327. The van der Waals surface area contributed by atoms with Crippen LogP contribution in [0.3, 0.4) is 0 Å².